The number of likely N-dealkylation sites (tertiary alicyclic amines) is 2. The van der Waals surface area contributed by atoms with Gasteiger partial charge in [-0.15, -0.1) is 0 Å². The Morgan fingerprint density at radius 3 is 2.52 bits per heavy atom. The van der Waals surface area contributed by atoms with E-state index in [1.165, 1.54) is 68.4 Å². The van der Waals surface area contributed by atoms with E-state index < -0.39 is 0 Å². The first kappa shape index (κ1) is 18.4. The van der Waals surface area contributed by atoms with Crippen LogP contribution in [0.25, 0.3) is 11.1 Å². The monoisotopic (exact) mass is 362 g/mol. The summed E-state index contributed by atoms with van der Waals surface area (Å²) in [6, 6.07) is 17.3. The molecule has 0 amide bonds. The Labute approximate surface area is 163 Å². The van der Waals surface area contributed by atoms with Crippen molar-refractivity contribution in [1.29, 1.82) is 0 Å². The topological polar surface area (TPSA) is 23.6 Å². The fourth-order valence-electron chi connectivity index (χ4n) is 4.69. The van der Waals surface area contributed by atoms with E-state index in [2.05, 4.69) is 52.3 Å². The lowest BCUT2D eigenvalue weighted by atomic mass is 9.97. The van der Waals surface area contributed by atoms with Crippen LogP contribution in [-0.4, -0.2) is 48.3 Å². The molecule has 2 aromatic carbocycles. The predicted molar refractivity (Wildman–Crippen MR) is 111 cm³/mol. The van der Waals surface area contributed by atoms with Gasteiger partial charge in [-0.1, -0.05) is 48.9 Å². The molecule has 0 N–H and O–H groups in total. The van der Waals surface area contributed by atoms with E-state index in [9.17, 15) is 4.79 Å². The van der Waals surface area contributed by atoms with Crippen LogP contribution < -0.4 is 0 Å². The highest BCUT2D eigenvalue weighted by Gasteiger charge is 2.27. The van der Waals surface area contributed by atoms with Crippen molar-refractivity contribution in [2.75, 3.05) is 26.2 Å². The first-order chi connectivity index (χ1) is 13.3. The minimum atomic E-state index is 0.645. The molecule has 142 valence electrons. The number of rotatable bonds is 6. The van der Waals surface area contributed by atoms with E-state index in [-0.39, 0.29) is 0 Å². The maximum absolute atomic E-state index is 11.4. The molecule has 0 aliphatic carbocycles. The summed E-state index contributed by atoms with van der Waals surface area (Å²) in [5, 5.41) is 0. The number of carbonyl (C=O) groups excluding carboxylic acids is 1. The molecule has 2 aliphatic rings. The lowest BCUT2D eigenvalue weighted by Crippen LogP contribution is -2.42. The number of hydrogen-bond acceptors (Lipinski definition) is 3. The second-order valence-electron chi connectivity index (χ2n) is 8.03. The number of aldehydes is 1. The van der Waals surface area contributed by atoms with Crippen molar-refractivity contribution in [2.24, 2.45) is 0 Å². The molecule has 0 radical (unpaired) electrons. The van der Waals surface area contributed by atoms with Gasteiger partial charge in [0.15, 0.2) is 0 Å². The summed E-state index contributed by atoms with van der Waals surface area (Å²) >= 11 is 0. The van der Waals surface area contributed by atoms with Crippen LogP contribution >= 0.6 is 0 Å². The van der Waals surface area contributed by atoms with E-state index in [1.54, 1.807) is 0 Å². The third kappa shape index (κ3) is 4.48. The Morgan fingerprint density at radius 2 is 1.74 bits per heavy atom. The van der Waals surface area contributed by atoms with Gasteiger partial charge >= 0.3 is 0 Å². The minimum Gasteiger partial charge on any atom is -0.302 e. The van der Waals surface area contributed by atoms with Crippen LogP contribution in [0.5, 0.6) is 0 Å². The smallest absolute Gasteiger partial charge is 0.150 e. The number of nitrogens with zero attached hydrogens (tertiary/aromatic N) is 2. The Bertz CT molecular complexity index is 752. The van der Waals surface area contributed by atoms with Gasteiger partial charge in [0.25, 0.3) is 0 Å². The fraction of sp³-hybridized carbons (Fsp3) is 0.458. The number of carbonyl (C=O) groups is 1. The van der Waals surface area contributed by atoms with Crippen LogP contribution in [0.4, 0.5) is 0 Å². The first-order valence-electron chi connectivity index (χ1n) is 10.4. The summed E-state index contributed by atoms with van der Waals surface area (Å²) < 4.78 is 0. The van der Waals surface area contributed by atoms with Crippen LogP contribution in [0, 0.1) is 0 Å². The van der Waals surface area contributed by atoms with Crippen molar-refractivity contribution in [3.05, 3.63) is 59.7 Å². The summed E-state index contributed by atoms with van der Waals surface area (Å²) in [6.07, 6.45) is 7.65. The quantitative estimate of drug-likeness (QED) is 0.701. The average Bonchev–Trinajstić information content (AvgIpc) is 3.16. The SMILES string of the molecule is O=Cc1ccc(-c2ccccc2)c(CN2CCCC2CN2CCCCC2)c1. The Kier molecular flexibility index (Phi) is 6.00. The zero-order valence-corrected chi connectivity index (χ0v) is 16.1. The number of piperidine rings is 1. The van der Waals surface area contributed by atoms with Gasteiger partial charge in [0.1, 0.15) is 6.29 Å². The second kappa shape index (κ2) is 8.81. The van der Waals surface area contributed by atoms with E-state index in [0.29, 0.717) is 6.04 Å². The normalized spacial score (nSPS) is 21.4. The van der Waals surface area contributed by atoms with Gasteiger partial charge in [0.05, 0.1) is 0 Å². The molecule has 0 spiro atoms. The van der Waals surface area contributed by atoms with E-state index in [4.69, 9.17) is 0 Å². The van der Waals surface area contributed by atoms with Gasteiger partial charge in [-0.2, -0.15) is 0 Å². The maximum atomic E-state index is 11.4. The third-order valence-electron chi connectivity index (χ3n) is 6.14. The number of benzene rings is 2. The van der Waals surface area contributed by atoms with Crippen LogP contribution in [-0.2, 0) is 6.54 Å². The molecule has 2 aromatic rings. The van der Waals surface area contributed by atoms with Crippen LogP contribution in [0.15, 0.2) is 48.5 Å². The van der Waals surface area contributed by atoms with Gasteiger partial charge in [0, 0.05) is 24.7 Å². The highest BCUT2D eigenvalue weighted by atomic mass is 16.1. The maximum Gasteiger partial charge on any atom is 0.150 e. The van der Waals surface area contributed by atoms with Crippen molar-refractivity contribution < 1.29 is 4.79 Å². The van der Waals surface area contributed by atoms with Crippen LogP contribution in [0.3, 0.4) is 0 Å². The highest BCUT2D eigenvalue weighted by Crippen LogP contribution is 2.29. The van der Waals surface area contributed by atoms with Crippen LogP contribution in [0.2, 0.25) is 0 Å². The zero-order valence-electron chi connectivity index (χ0n) is 16.1. The van der Waals surface area contributed by atoms with Crippen molar-refractivity contribution >= 4 is 6.29 Å². The molecule has 2 aliphatic heterocycles. The van der Waals surface area contributed by atoms with Gasteiger partial charge in [-0.3, -0.25) is 9.69 Å². The molecule has 1 atom stereocenters. The first-order valence-corrected chi connectivity index (χ1v) is 10.4. The van der Waals surface area contributed by atoms with Gasteiger partial charge in [-0.05, 0) is 68.1 Å². The second-order valence-corrected chi connectivity index (χ2v) is 8.03. The molecule has 27 heavy (non-hydrogen) atoms. The van der Waals surface area contributed by atoms with Crippen LogP contribution in [0.1, 0.15) is 48.0 Å². The summed E-state index contributed by atoms with van der Waals surface area (Å²) in [7, 11) is 0. The van der Waals surface area contributed by atoms with E-state index >= 15 is 0 Å². The summed E-state index contributed by atoms with van der Waals surface area (Å²) in [5.74, 6) is 0. The molecular formula is C24H30N2O. The zero-order chi connectivity index (χ0) is 18.5. The average molecular weight is 363 g/mol. The van der Waals surface area contributed by atoms with Crippen molar-refractivity contribution in [3.8, 4) is 11.1 Å². The molecule has 1 unspecified atom stereocenters. The van der Waals surface area contributed by atoms with Gasteiger partial charge in [0.2, 0.25) is 0 Å². The fourth-order valence-corrected chi connectivity index (χ4v) is 4.69. The van der Waals surface area contributed by atoms with Crippen molar-refractivity contribution in [2.45, 2.75) is 44.7 Å². The molecule has 0 bridgehead atoms. The Hall–Kier alpha value is -1.97. The summed E-state index contributed by atoms with van der Waals surface area (Å²) in [6.45, 7) is 5.83. The molecule has 3 heteroatoms. The Morgan fingerprint density at radius 1 is 0.926 bits per heavy atom. The minimum absolute atomic E-state index is 0.645. The lowest BCUT2D eigenvalue weighted by molar-refractivity contribution is 0.112. The van der Waals surface area contributed by atoms with Gasteiger partial charge < -0.3 is 4.90 Å². The highest BCUT2D eigenvalue weighted by molar-refractivity contribution is 5.78. The molecule has 3 nitrogen and oxygen atoms in total. The van der Waals surface area contributed by atoms with E-state index in [0.717, 1.165) is 24.9 Å². The summed E-state index contributed by atoms with van der Waals surface area (Å²) in [5.41, 5.74) is 4.54. The number of hydrogen-bond donors (Lipinski definition) is 0. The summed E-state index contributed by atoms with van der Waals surface area (Å²) in [4.78, 5) is 16.7. The van der Waals surface area contributed by atoms with E-state index in [1.807, 2.05) is 6.07 Å². The molecule has 0 saturated carbocycles. The molecule has 2 fully saturated rings. The standard InChI is InChI=1S/C24H30N2O/c27-19-20-11-12-24(21-8-3-1-4-9-21)22(16-20)17-26-15-7-10-23(26)18-25-13-5-2-6-14-25/h1,3-4,8-9,11-12,16,19,23H,2,5-7,10,13-15,17-18H2. The molecule has 2 heterocycles. The Balaban J connectivity index is 1.54. The molecule has 0 aromatic heterocycles. The molecule has 2 saturated heterocycles. The van der Waals surface area contributed by atoms with Gasteiger partial charge in [-0.25, -0.2) is 0 Å². The molecule has 4 rings (SSSR count). The predicted octanol–water partition coefficient (Wildman–Crippen LogP) is 4.62. The third-order valence-corrected chi connectivity index (χ3v) is 6.14. The van der Waals surface area contributed by atoms with Crippen molar-refractivity contribution in [1.82, 2.24) is 9.80 Å². The lowest BCUT2D eigenvalue weighted by Gasteiger charge is -2.33. The largest absolute Gasteiger partial charge is 0.302 e. The molecular weight excluding hydrogens is 332 g/mol. The van der Waals surface area contributed by atoms with Crippen molar-refractivity contribution in [3.63, 3.8) is 0 Å².